The summed E-state index contributed by atoms with van der Waals surface area (Å²) in [5.41, 5.74) is 2.44. The van der Waals surface area contributed by atoms with E-state index in [1.807, 2.05) is 19.9 Å². The summed E-state index contributed by atoms with van der Waals surface area (Å²) in [5, 5.41) is 0. The highest BCUT2D eigenvalue weighted by atomic mass is 19.1. The maximum atomic E-state index is 12.8. The lowest BCUT2D eigenvalue weighted by atomic mass is 10.0. The highest BCUT2D eigenvalue weighted by Gasteiger charge is 2.12. The minimum atomic E-state index is -0.113. The monoisotopic (exact) mass is 195 g/mol. The number of halogens is 1. The van der Waals surface area contributed by atoms with Crippen LogP contribution in [0.5, 0.6) is 0 Å². The molecule has 0 aliphatic carbocycles. The predicted molar refractivity (Wildman–Crippen MR) is 57.8 cm³/mol. The van der Waals surface area contributed by atoms with E-state index in [9.17, 15) is 4.39 Å². The van der Waals surface area contributed by atoms with Crippen LogP contribution >= 0.6 is 0 Å². The number of likely N-dealkylation sites (N-methyl/N-ethyl adjacent to an activating group) is 1. The molecule has 2 heteroatoms. The number of hydrogen-bond acceptors (Lipinski definition) is 1. The molecule has 1 aromatic rings. The van der Waals surface area contributed by atoms with E-state index in [-0.39, 0.29) is 5.82 Å². The minimum Gasteiger partial charge on any atom is -0.302 e. The summed E-state index contributed by atoms with van der Waals surface area (Å²) < 4.78 is 12.8. The van der Waals surface area contributed by atoms with Crippen LogP contribution in [0.4, 0.5) is 4.39 Å². The Kier molecular flexibility index (Phi) is 4.08. The summed E-state index contributed by atoms with van der Waals surface area (Å²) in [4.78, 5) is 2.25. The van der Waals surface area contributed by atoms with Crippen molar-refractivity contribution in [3.05, 3.63) is 35.1 Å². The average molecular weight is 195 g/mol. The molecule has 0 fully saturated rings. The lowest BCUT2D eigenvalue weighted by Crippen LogP contribution is -2.26. The van der Waals surface area contributed by atoms with Crippen LogP contribution in [0, 0.1) is 5.82 Å². The molecule has 1 aliphatic rings. The molecule has 0 unspecified atom stereocenters. The molecule has 0 saturated heterocycles. The SMILES string of the molecule is CC.CN1CCc2cc(F)ccc2C1. The van der Waals surface area contributed by atoms with Gasteiger partial charge in [-0.1, -0.05) is 19.9 Å². The number of rotatable bonds is 0. The Balaban J connectivity index is 0.000000461. The van der Waals surface area contributed by atoms with Crippen LogP contribution in [-0.2, 0) is 13.0 Å². The second-order valence-electron chi connectivity index (χ2n) is 3.40. The number of hydrogen-bond donors (Lipinski definition) is 0. The van der Waals surface area contributed by atoms with Gasteiger partial charge in [-0.3, -0.25) is 0 Å². The van der Waals surface area contributed by atoms with Crippen molar-refractivity contribution >= 4 is 0 Å². The fourth-order valence-electron chi connectivity index (χ4n) is 1.66. The van der Waals surface area contributed by atoms with Crippen LogP contribution < -0.4 is 0 Å². The number of nitrogens with zero attached hydrogens (tertiary/aromatic N) is 1. The Bertz CT molecular complexity index is 296. The van der Waals surface area contributed by atoms with Gasteiger partial charge in [0.05, 0.1) is 0 Å². The molecular weight excluding hydrogens is 177 g/mol. The summed E-state index contributed by atoms with van der Waals surface area (Å²) in [6, 6.07) is 5.08. The van der Waals surface area contributed by atoms with Gasteiger partial charge in [0.2, 0.25) is 0 Å². The van der Waals surface area contributed by atoms with E-state index in [1.54, 1.807) is 6.07 Å². The molecule has 14 heavy (non-hydrogen) atoms. The quantitative estimate of drug-likeness (QED) is 0.615. The lowest BCUT2D eigenvalue weighted by molar-refractivity contribution is 0.312. The third kappa shape index (κ3) is 2.55. The minimum absolute atomic E-state index is 0.113. The predicted octanol–water partition coefficient (Wildman–Crippen LogP) is 2.84. The highest BCUT2D eigenvalue weighted by molar-refractivity contribution is 5.29. The second-order valence-corrected chi connectivity index (χ2v) is 3.40. The Morgan fingerprint density at radius 3 is 2.64 bits per heavy atom. The maximum absolute atomic E-state index is 12.8. The van der Waals surface area contributed by atoms with E-state index < -0.39 is 0 Å². The topological polar surface area (TPSA) is 3.24 Å². The van der Waals surface area contributed by atoms with Crippen LogP contribution in [-0.4, -0.2) is 18.5 Å². The number of fused-ring (bicyclic) bond motifs is 1. The third-order valence-corrected chi connectivity index (χ3v) is 2.37. The fraction of sp³-hybridized carbons (Fsp3) is 0.500. The molecular formula is C12H18FN. The maximum Gasteiger partial charge on any atom is 0.123 e. The molecule has 2 rings (SSSR count). The lowest BCUT2D eigenvalue weighted by Gasteiger charge is -2.24. The zero-order valence-corrected chi connectivity index (χ0v) is 9.18. The van der Waals surface area contributed by atoms with E-state index in [4.69, 9.17) is 0 Å². The van der Waals surface area contributed by atoms with Gasteiger partial charge >= 0.3 is 0 Å². The third-order valence-electron chi connectivity index (χ3n) is 2.37. The van der Waals surface area contributed by atoms with Crippen molar-refractivity contribution in [3.8, 4) is 0 Å². The molecule has 0 amide bonds. The Morgan fingerprint density at radius 2 is 1.93 bits per heavy atom. The zero-order chi connectivity index (χ0) is 10.6. The van der Waals surface area contributed by atoms with Crippen molar-refractivity contribution in [1.29, 1.82) is 0 Å². The normalized spacial score (nSPS) is 15.4. The van der Waals surface area contributed by atoms with Crippen LogP contribution in [0.3, 0.4) is 0 Å². The van der Waals surface area contributed by atoms with Crippen molar-refractivity contribution in [3.63, 3.8) is 0 Å². The Morgan fingerprint density at radius 1 is 1.21 bits per heavy atom. The first-order valence-corrected chi connectivity index (χ1v) is 5.21. The van der Waals surface area contributed by atoms with Crippen molar-refractivity contribution in [1.82, 2.24) is 4.90 Å². The van der Waals surface area contributed by atoms with E-state index >= 15 is 0 Å². The van der Waals surface area contributed by atoms with E-state index in [1.165, 1.54) is 17.2 Å². The first-order valence-electron chi connectivity index (χ1n) is 5.21. The Hall–Kier alpha value is -0.890. The molecule has 78 valence electrons. The van der Waals surface area contributed by atoms with Crippen LogP contribution in [0.2, 0.25) is 0 Å². The van der Waals surface area contributed by atoms with Gasteiger partial charge in [0.1, 0.15) is 5.82 Å². The van der Waals surface area contributed by atoms with Crippen molar-refractivity contribution < 1.29 is 4.39 Å². The first-order chi connectivity index (χ1) is 6.75. The largest absolute Gasteiger partial charge is 0.302 e. The summed E-state index contributed by atoms with van der Waals surface area (Å²) in [6.45, 7) is 5.99. The van der Waals surface area contributed by atoms with Gasteiger partial charge in [-0.15, -0.1) is 0 Å². The smallest absolute Gasteiger partial charge is 0.123 e. The van der Waals surface area contributed by atoms with E-state index in [2.05, 4.69) is 11.9 Å². The molecule has 0 saturated carbocycles. The standard InChI is InChI=1S/C10H12FN.C2H6/c1-12-5-4-8-6-10(11)3-2-9(8)7-12;1-2/h2-3,6H,4-5,7H2,1H3;1-2H3. The van der Waals surface area contributed by atoms with Gasteiger partial charge in [0.15, 0.2) is 0 Å². The highest BCUT2D eigenvalue weighted by Crippen LogP contribution is 2.18. The molecule has 0 aromatic heterocycles. The van der Waals surface area contributed by atoms with Crippen LogP contribution in [0.25, 0.3) is 0 Å². The molecule has 1 aromatic carbocycles. The van der Waals surface area contributed by atoms with Crippen molar-refractivity contribution in [2.75, 3.05) is 13.6 Å². The van der Waals surface area contributed by atoms with Gasteiger partial charge in [0, 0.05) is 13.1 Å². The molecule has 0 spiro atoms. The van der Waals surface area contributed by atoms with Gasteiger partial charge in [-0.2, -0.15) is 0 Å². The Labute approximate surface area is 85.5 Å². The van der Waals surface area contributed by atoms with Gasteiger partial charge in [-0.05, 0) is 36.7 Å². The van der Waals surface area contributed by atoms with E-state index in [0.29, 0.717) is 0 Å². The summed E-state index contributed by atoms with van der Waals surface area (Å²) in [5.74, 6) is -0.113. The molecule has 0 N–H and O–H groups in total. The average Bonchev–Trinajstić information content (AvgIpc) is 2.21. The summed E-state index contributed by atoms with van der Waals surface area (Å²) in [7, 11) is 2.09. The van der Waals surface area contributed by atoms with Crippen molar-refractivity contribution in [2.45, 2.75) is 26.8 Å². The molecule has 1 nitrogen and oxygen atoms in total. The van der Waals surface area contributed by atoms with E-state index in [0.717, 1.165) is 19.5 Å². The first kappa shape index (κ1) is 11.2. The molecule has 0 atom stereocenters. The molecule has 1 aliphatic heterocycles. The summed E-state index contributed by atoms with van der Waals surface area (Å²) in [6.07, 6.45) is 0.976. The molecule has 1 heterocycles. The van der Waals surface area contributed by atoms with Gasteiger partial charge in [0.25, 0.3) is 0 Å². The fourth-order valence-corrected chi connectivity index (χ4v) is 1.66. The second kappa shape index (κ2) is 5.11. The molecule has 0 bridgehead atoms. The van der Waals surface area contributed by atoms with Crippen LogP contribution in [0.1, 0.15) is 25.0 Å². The van der Waals surface area contributed by atoms with Crippen molar-refractivity contribution in [2.24, 2.45) is 0 Å². The van der Waals surface area contributed by atoms with Gasteiger partial charge in [-0.25, -0.2) is 4.39 Å². The molecule has 0 radical (unpaired) electrons. The van der Waals surface area contributed by atoms with Crippen LogP contribution in [0.15, 0.2) is 18.2 Å². The zero-order valence-electron chi connectivity index (χ0n) is 9.18. The van der Waals surface area contributed by atoms with Gasteiger partial charge < -0.3 is 4.90 Å². The number of benzene rings is 1. The summed E-state index contributed by atoms with van der Waals surface area (Å²) >= 11 is 0.